The fraction of sp³-hybridized carbons (Fsp3) is 0.429. The number of phenolic OH excluding ortho intramolecular Hbond substituents is 1. The predicted octanol–water partition coefficient (Wildman–Crippen LogP) is 2.93. The number of hydrogen-bond donors (Lipinski definition) is 2. The Balaban J connectivity index is 2.56. The van der Waals surface area contributed by atoms with Gasteiger partial charge in [-0.05, 0) is 37.8 Å². The zero-order chi connectivity index (χ0) is 13.5. The van der Waals surface area contributed by atoms with Gasteiger partial charge in [-0.1, -0.05) is 26.0 Å². The van der Waals surface area contributed by atoms with Crippen LogP contribution in [0.1, 0.15) is 44.0 Å². The van der Waals surface area contributed by atoms with Gasteiger partial charge in [-0.25, -0.2) is 5.43 Å². The molecule has 0 bridgehead atoms. The summed E-state index contributed by atoms with van der Waals surface area (Å²) in [7, 11) is 0. The third kappa shape index (κ3) is 4.57. The van der Waals surface area contributed by atoms with Crippen molar-refractivity contribution >= 4 is 11.6 Å². The van der Waals surface area contributed by atoms with Crippen LogP contribution < -0.4 is 5.43 Å². The Morgan fingerprint density at radius 2 is 2.06 bits per heavy atom. The molecule has 0 saturated carbocycles. The minimum atomic E-state index is -0.392. The summed E-state index contributed by atoms with van der Waals surface area (Å²) in [6.07, 6.45) is 1.90. The first kappa shape index (κ1) is 14.2. The van der Waals surface area contributed by atoms with Crippen LogP contribution in [0.2, 0.25) is 0 Å². The highest BCUT2D eigenvalue weighted by molar-refractivity contribution is 5.97. The Morgan fingerprint density at radius 1 is 1.39 bits per heavy atom. The fourth-order valence-corrected chi connectivity index (χ4v) is 1.43. The maximum Gasteiger partial charge on any atom is 0.275 e. The van der Waals surface area contributed by atoms with Crippen LogP contribution in [-0.4, -0.2) is 16.7 Å². The average Bonchev–Trinajstić information content (AvgIpc) is 2.34. The van der Waals surface area contributed by atoms with Crippen molar-refractivity contribution in [1.82, 2.24) is 5.43 Å². The number of phenols is 1. The van der Waals surface area contributed by atoms with Gasteiger partial charge in [-0.15, -0.1) is 0 Å². The molecule has 98 valence electrons. The van der Waals surface area contributed by atoms with E-state index in [2.05, 4.69) is 24.4 Å². The van der Waals surface area contributed by atoms with Gasteiger partial charge in [0.05, 0.1) is 5.56 Å². The van der Waals surface area contributed by atoms with E-state index in [1.54, 1.807) is 18.2 Å². The number of carbonyl (C=O) groups is 1. The Hall–Kier alpha value is -1.84. The zero-order valence-electron chi connectivity index (χ0n) is 11.1. The van der Waals surface area contributed by atoms with Crippen molar-refractivity contribution in [2.24, 2.45) is 11.0 Å². The molecule has 0 spiro atoms. The molecule has 0 aromatic heterocycles. The van der Waals surface area contributed by atoms with Crippen LogP contribution in [0.25, 0.3) is 0 Å². The van der Waals surface area contributed by atoms with Crippen molar-refractivity contribution in [2.75, 3.05) is 0 Å². The van der Waals surface area contributed by atoms with Crippen LogP contribution in [0, 0.1) is 5.92 Å². The molecule has 1 aromatic rings. The SMILES string of the molecule is CC(CCC(C)C)=NNC(=O)c1ccccc1O. The molecule has 0 unspecified atom stereocenters. The molecule has 2 N–H and O–H groups in total. The highest BCUT2D eigenvalue weighted by Crippen LogP contribution is 2.14. The quantitative estimate of drug-likeness (QED) is 0.621. The Morgan fingerprint density at radius 3 is 2.67 bits per heavy atom. The molecule has 18 heavy (non-hydrogen) atoms. The van der Waals surface area contributed by atoms with Crippen LogP contribution in [0.15, 0.2) is 29.4 Å². The van der Waals surface area contributed by atoms with Crippen molar-refractivity contribution in [1.29, 1.82) is 0 Å². The smallest absolute Gasteiger partial charge is 0.275 e. The fourth-order valence-electron chi connectivity index (χ4n) is 1.43. The van der Waals surface area contributed by atoms with E-state index in [-0.39, 0.29) is 11.3 Å². The van der Waals surface area contributed by atoms with Crippen molar-refractivity contribution in [2.45, 2.75) is 33.6 Å². The molecular weight excluding hydrogens is 228 g/mol. The molecule has 4 nitrogen and oxygen atoms in total. The van der Waals surface area contributed by atoms with Crippen molar-refractivity contribution < 1.29 is 9.90 Å². The molecule has 0 aliphatic rings. The van der Waals surface area contributed by atoms with E-state index in [0.29, 0.717) is 5.92 Å². The van der Waals surface area contributed by atoms with Crippen LogP contribution in [0.3, 0.4) is 0 Å². The highest BCUT2D eigenvalue weighted by atomic mass is 16.3. The number of nitrogens with one attached hydrogen (secondary N) is 1. The van der Waals surface area contributed by atoms with Gasteiger partial charge in [0.1, 0.15) is 5.75 Å². The number of hydrazone groups is 1. The van der Waals surface area contributed by atoms with Gasteiger partial charge in [0.15, 0.2) is 0 Å². The number of nitrogens with zero attached hydrogens (tertiary/aromatic N) is 1. The van der Waals surface area contributed by atoms with Crippen molar-refractivity contribution in [3.8, 4) is 5.75 Å². The second kappa shape index (κ2) is 6.79. The minimum Gasteiger partial charge on any atom is -0.507 e. The molecule has 1 aromatic carbocycles. The third-order valence-electron chi connectivity index (χ3n) is 2.58. The topological polar surface area (TPSA) is 61.7 Å². The van der Waals surface area contributed by atoms with Crippen LogP contribution in [-0.2, 0) is 0 Å². The van der Waals surface area contributed by atoms with E-state index in [1.807, 2.05) is 6.92 Å². The van der Waals surface area contributed by atoms with Gasteiger partial charge in [0, 0.05) is 5.71 Å². The normalized spacial score (nSPS) is 11.7. The molecule has 0 fully saturated rings. The lowest BCUT2D eigenvalue weighted by atomic mass is 10.1. The number of aromatic hydroxyl groups is 1. The summed E-state index contributed by atoms with van der Waals surface area (Å²) in [5.74, 6) is 0.186. The number of benzene rings is 1. The zero-order valence-corrected chi connectivity index (χ0v) is 11.1. The maximum absolute atomic E-state index is 11.7. The molecule has 0 atom stereocenters. The Labute approximate surface area is 108 Å². The first-order valence-electron chi connectivity index (χ1n) is 6.12. The molecule has 1 rings (SSSR count). The summed E-state index contributed by atoms with van der Waals surface area (Å²) >= 11 is 0. The number of rotatable bonds is 5. The number of amides is 1. The predicted molar refractivity (Wildman–Crippen MR) is 72.8 cm³/mol. The second-order valence-electron chi connectivity index (χ2n) is 4.74. The summed E-state index contributed by atoms with van der Waals surface area (Å²) in [6, 6.07) is 6.40. The summed E-state index contributed by atoms with van der Waals surface area (Å²) in [5.41, 5.74) is 3.57. The van der Waals surface area contributed by atoms with Gasteiger partial charge in [-0.3, -0.25) is 4.79 Å². The largest absolute Gasteiger partial charge is 0.507 e. The van der Waals surface area contributed by atoms with E-state index < -0.39 is 5.91 Å². The molecule has 0 aliphatic carbocycles. The van der Waals surface area contributed by atoms with E-state index >= 15 is 0 Å². The standard InChI is InChI=1S/C14H20N2O2/c1-10(2)8-9-11(3)15-16-14(18)12-6-4-5-7-13(12)17/h4-7,10,17H,8-9H2,1-3H3,(H,16,18). The van der Waals surface area contributed by atoms with Gasteiger partial charge in [0.25, 0.3) is 5.91 Å². The average molecular weight is 248 g/mol. The number of carbonyl (C=O) groups excluding carboxylic acids is 1. The molecule has 0 radical (unpaired) electrons. The Bertz CT molecular complexity index is 439. The lowest BCUT2D eigenvalue weighted by Crippen LogP contribution is -2.19. The number of para-hydroxylation sites is 1. The summed E-state index contributed by atoms with van der Waals surface area (Å²) < 4.78 is 0. The van der Waals surface area contributed by atoms with Gasteiger partial charge >= 0.3 is 0 Å². The number of hydrogen-bond acceptors (Lipinski definition) is 3. The first-order chi connectivity index (χ1) is 8.50. The van der Waals surface area contributed by atoms with E-state index in [1.165, 1.54) is 6.07 Å². The second-order valence-corrected chi connectivity index (χ2v) is 4.74. The first-order valence-corrected chi connectivity index (χ1v) is 6.12. The maximum atomic E-state index is 11.7. The van der Waals surface area contributed by atoms with E-state index in [4.69, 9.17) is 0 Å². The van der Waals surface area contributed by atoms with Crippen molar-refractivity contribution in [3.63, 3.8) is 0 Å². The molecule has 4 heteroatoms. The van der Waals surface area contributed by atoms with Crippen LogP contribution >= 0.6 is 0 Å². The van der Waals surface area contributed by atoms with Crippen LogP contribution in [0.4, 0.5) is 0 Å². The Kier molecular flexibility index (Phi) is 5.36. The third-order valence-corrected chi connectivity index (χ3v) is 2.58. The van der Waals surface area contributed by atoms with E-state index in [0.717, 1.165) is 18.6 Å². The van der Waals surface area contributed by atoms with Crippen LogP contribution in [0.5, 0.6) is 5.75 Å². The monoisotopic (exact) mass is 248 g/mol. The van der Waals surface area contributed by atoms with Gasteiger partial charge in [-0.2, -0.15) is 5.10 Å². The summed E-state index contributed by atoms with van der Waals surface area (Å²) in [5, 5.41) is 13.5. The molecular formula is C14H20N2O2. The van der Waals surface area contributed by atoms with Gasteiger partial charge < -0.3 is 5.11 Å². The van der Waals surface area contributed by atoms with E-state index in [9.17, 15) is 9.90 Å². The molecule has 0 saturated heterocycles. The summed E-state index contributed by atoms with van der Waals surface area (Å²) in [4.78, 5) is 11.7. The highest BCUT2D eigenvalue weighted by Gasteiger charge is 2.08. The summed E-state index contributed by atoms with van der Waals surface area (Å²) in [6.45, 7) is 6.18. The lowest BCUT2D eigenvalue weighted by molar-refractivity contribution is 0.0952. The van der Waals surface area contributed by atoms with Crippen molar-refractivity contribution in [3.05, 3.63) is 29.8 Å². The minimum absolute atomic E-state index is 0.0370. The molecule has 1 amide bonds. The van der Waals surface area contributed by atoms with Gasteiger partial charge in [0.2, 0.25) is 0 Å². The lowest BCUT2D eigenvalue weighted by Gasteiger charge is -2.05. The molecule has 0 aliphatic heterocycles. The molecule has 0 heterocycles.